The third kappa shape index (κ3) is 4.54. The summed E-state index contributed by atoms with van der Waals surface area (Å²) in [7, 11) is 1.65. The molecule has 0 aliphatic rings. The number of carbonyl (C=O) groups is 1. The molecule has 2 rings (SSSR count). The number of methoxy groups -OCH3 is 1. The molecule has 0 saturated carbocycles. The summed E-state index contributed by atoms with van der Waals surface area (Å²) in [5.74, 6) is 1.26. The van der Waals surface area contributed by atoms with Gasteiger partial charge < -0.3 is 15.4 Å². The van der Waals surface area contributed by atoms with Gasteiger partial charge in [-0.15, -0.1) is 0 Å². The summed E-state index contributed by atoms with van der Waals surface area (Å²) in [6.45, 7) is 2.83. The van der Waals surface area contributed by atoms with Crippen molar-refractivity contribution in [3.8, 4) is 0 Å². The van der Waals surface area contributed by atoms with Crippen molar-refractivity contribution in [2.24, 2.45) is 0 Å². The van der Waals surface area contributed by atoms with Crippen LogP contribution in [0.15, 0.2) is 36.5 Å². The molecule has 1 aromatic heterocycles. The highest BCUT2D eigenvalue weighted by Gasteiger charge is 2.02. The fourth-order valence-electron chi connectivity index (χ4n) is 1.72. The van der Waals surface area contributed by atoms with Gasteiger partial charge >= 0.3 is 0 Å². The molecule has 1 aromatic carbocycles. The fourth-order valence-corrected chi connectivity index (χ4v) is 1.72. The number of ether oxygens (including phenoxy) is 1. The molecule has 2 N–H and O–H groups in total. The van der Waals surface area contributed by atoms with Gasteiger partial charge in [0.1, 0.15) is 5.82 Å². The van der Waals surface area contributed by atoms with Crippen molar-refractivity contribution < 1.29 is 9.53 Å². The molecule has 0 spiro atoms. The largest absolute Gasteiger partial charge is 0.383 e. The Hall–Kier alpha value is -2.47. The number of carbonyl (C=O) groups excluding carboxylic acids is 1. The van der Waals surface area contributed by atoms with E-state index in [9.17, 15) is 4.79 Å². The predicted molar refractivity (Wildman–Crippen MR) is 82.1 cm³/mol. The van der Waals surface area contributed by atoms with Gasteiger partial charge in [-0.2, -0.15) is 4.98 Å². The first-order valence-corrected chi connectivity index (χ1v) is 6.63. The van der Waals surface area contributed by atoms with Crippen molar-refractivity contribution in [2.75, 3.05) is 30.9 Å². The van der Waals surface area contributed by atoms with Crippen LogP contribution < -0.4 is 10.6 Å². The first-order chi connectivity index (χ1) is 10.2. The van der Waals surface area contributed by atoms with E-state index < -0.39 is 0 Å². The molecular formula is C15H18N4O2. The Kier molecular flexibility index (Phi) is 5.22. The summed E-state index contributed by atoms with van der Waals surface area (Å²) in [4.78, 5) is 19.7. The number of aromatic nitrogens is 2. The van der Waals surface area contributed by atoms with Crippen molar-refractivity contribution in [1.29, 1.82) is 0 Å². The number of nitrogens with zero attached hydrogens (tertiary/aromatic N) is 2. The highest BCUT2D eigenvalue weighted by Crippen LogP contribution is 2.15. The second-order valence-corrected chi connectivity index (χ2v) is 4.44. The van der Waals surface area contributed by atoms with Crippen LogP contribution in [-0.2, 0) is 4.74 Å². The van der Waals surface area contributed by atoms with E-state index in [4.69, 9.17) is 4.74 Å². The van der Waals surface area contributed by atoms with Crippen LogP contribution in [0.4, 0.5) is 17.5 Å². The Balaban J connectivity index is 2.01. The molecule has 0 aliphatic heterocycles. The maximum Gasteiger partial charge on any atom is 0.229 e. The van der Waals surface area contributed by atoms with Crippen LogP contribution >= 0.6 is 0 Å². The van der Waals surface area contributed by atoms with E-state index in [0.717, 1.165) is 11.5 Å². The van der Waals surface area contributed by atoms with Gasteiger partial charge in [-0.05, 0) is 37.3 Å². The summed E-state index contributed by atoms with van der Waals surface area (Å²) < 4.78 is 4.97. The van der Waals surface area contributed by atoms with Gasteiger partial charge in [0.25, 0.3) is 0 Å². The van der Waals surface area contributed by atoms with E-state index in [1.54, 1.807) is 38.4 Å². The van der Waals surface area contributed by atoms with Crippen LogP contribution in [0.1, 0.15) is 17.3 Å². The number of hydrogen-bond acceptors (Lipinski definition) is 6. The quantitative estimate of drug-likeness (QED) is 0.601. The topological polar surface area (TPSA) is 76.1 Å². The Morgan fingerprint density at radius 2 is 2.00 bits per heavy atom. The lowest BCUT2D eigenvalue weighted by molar-refractivity contribution is 0.101. The maximum absolute atomic E-state index is 11.2. The highest BCUT2D eigenvalue weighted by atomic mass is 16.5. The van der Waals surface area contributed by atoms with Gasteiger partial charge in [0.05, 0.1) is 6.61 Å². The standard InChI is InChI=1S/C15H18N4O2/c1-11(20)12-3-5-13(6-4-12)18-15-17-8-7-14(19-15)16-9-10-21-2/h3-8H,9-10H2,1-2H3,(H2,16,17,18,19). The predicted octanol–water partition coefficient (Wildman–Crippen LogP) is 2.48. The zero-order chi connectivity index (χ0) is 15.1. The highest BCUT2D eigenvalue weighted by molar-refractivity contribution is 5.94. The van der Waals surface area contributed by atoms with Gasteiger partial charge in [-0.1, -0.05) is 0 Å². The minimum absolute atomic E-state index is 0.0436. The Labute approximate surface area is 123 Å². The number of ketones is 1. The molecule has 0 unspecified atom stereocenters. The normalized spacial score (nSPS) is 10.2. The molecule has 21 heavy (non-hydrogen) atoms. The van der Waals surface area contributed by atoms with E-state index in [1.165, 1.54) is 0 Å². The van der Waals surface area contributed by atoms with Crippen LogP contribution in [0.25, 0.3) is 0 Å². The van der Waals surface area contributed by atoms with E-state index >= 15 is 0 Å². The summed E-state index contributed by atoms with van der Waals surface area (Å²) in [6.07, 6.45) is 1.68. The lowest BCUT2D eigenvalue weighted by Gasteiger charge is -2.08. The summed E-state index contributed by atoms with van der Waals surface area (Å²) in [5.41, 5.74) is 1.51. The van der Waals surface area contributed by atoms with Crippen molar-refractivity contribution in [3.05, 3.63) is 42.1 Å². The first-order valence-electron chi connectivity index (χ1n) is 6.63. The maximum atomic E-state index is 11.2. The average molecular weight is 286 g/mol. The van der Waals surface area contributed by atoms with E-state index in [1.807, 2.05) is 12.1 Å². The fraction of sp³-hybridized carbons (Fsp3) is 0.267. The average Bonchev–Trinajstić information content (AvgIpc) is 2.48. The van der Waals surface area contributed by atoms with Crippen molar-refractivity contribution in [1.82, 2.24) is 9.97 Å². The van der Waals surface area contributed by atoms with Crippen molar-refractivity contribution in [2.45, 2.75) is 6.92 Å². The Bertz CT molecular complexity index is 599. The molecule has 0 radical (unpaired) electrons. The Morgan fingerprint density at radius 1 is 1.24 bits per heavy atom. The number of anilines is 3. The van der Waals surface area contributed by atoms with Crippen molar-refractivity contribution in [3.63, 3.8) is 0 Å². The molecule has 0 saturated heterocycles. The van der Waals surface area contributed by atoms with Gasteiger partial charge in [0.2, 0.25) is 5.95 Å². The zero-order valence-electron chi connectivity index (χ0n) is 12.1. The monoisotopic (exact) mass is 286 g/mol. The number of nitrogens with one attached hydrogen (secondary N) is 2. The van der Waals surface area contributed by atoms with E-state index in [0.29, 0.717) is 24.7 Å². The minimum Gasteiger partial charge on any atom is -0.383 e. The summed E-state index contributed by atoms with van der Waals surface area (Å²) >= 11 is 0. The van der Waals surface area contributed by atoms with Crippen LogP contribution in [0.5, 0.6) is 0 Å². The molecule has 6 heteroatoms. The minimum atomic E-state index is 0.0436. The number of rotatable bonds is 7. The third-order valence-electron chi connectivity index (χ3n) is 2.82. The zero-order valence-corrected chi connectivity index (χ0v) is 12.1. The number of Topliss-reactive ketones (excluding diaryl/α,β-unsaturated/α-hetero) is 1. The van der Waals surface area contributed by atoms with Crippen LogP contribution in [0.3, 0.4) is 0 Å². The molecule has 6 nitrogen and oxygen atoms in total. The summed E-state index contributed by atoms with van der Waals surface area (Å²) in [6, 6.07) is 8.98. The van der Waals surface area contributed by atoms with Gasteiger partial charge in [-0.3, -0.25) is 4.79 Å². The second kappa shape index (κ2) is 7.35. The summed E-state index contributed by atoms with van der Waals surface area (Å²) in [5, 5.41) is 6.23. The molecule has 0 fully saturated rings. The molecule has 1 heterocycles. The molecule has 0 aliphatic carbocycles. The van der Waals surface area contributed by atoms with Crippen LogP contribution in [-0.4, -0.2) is 36.0 Å². The molecule has 110 valence electrons. The molecule has 0 amide bonds. The van der Waals surface area contributed by atoms with E-state index in [-0.39, 0.29) is 5.78 Å². The van der Waals surface area contributed by atoms with Crippen LogP contribution in [0.2, 0.25) is 0 Å². The lowest BCUT2D eigenvalue weighted by atomic mass is 10.1. The van der Waals surface area contributed by atoms with E-state index in [2.05, 4.69) is 20.6 Å². The molecule has 0 atom stereocenters. The molecular weight excluding hydrogens is 268 g/mol. The Morgan fingerprint density at radius 3 is 2.67 bits per heavy atom. The van der Waals surface area contributed by atoms with Crippen molar-refractivity contribution >= 4 is 23.2 Å². The van der Waals surface area contributed by atoms with Gasteiger partial charge in [-0.25, -0.2) is 4.98 Å². The number of hydrogen-bond donors (Lipinski definition) is 2. The lowest BCUT2D eigenvalue weighted by Crippen LogP contribution is -2.09. The number of benzene rings is 1. The molecule has 2 aromatic rings. The smallest absolute Gasteiger partial charge is 0.229 e. The SMILES string of the molecule is COCCNc1ccnc(Nc2ccc(C(C)=O)cc2)n1. The van der Waals surface area contributed by atoms with Crippen LogP contribution in [0, 0.1) is 0 Å². The second-order valence-electron chi connectivity index (χ2n) is 4.44. The third-order valence-corrected chi connectivity index (χ3v) is 2.82. The molecule has 0 bridgehead atoms. The first kappa shape index (κ1) is 14.9. The van der Waals surface area contributed by atoms with Gasteiger partial charge in [0.15, 0.2) is 5.78 Å². The van der Waals surface area contributed by atoms with Gasteiger partial charge in [0, 0.05) is 31.1 Å².